The lowest BCUT2D eigenvalue weighted by Crippen LogP contribution is -2.06. The van der Waals surface area contributed by atoms with Crippen molar-refractivity contribution in [3.05, 3.63) is 40.3 Å². The van der Waals surface area contributed by atoms with E-state index in [9.17, 15) is 4.79 Å². The molecule has 0 bridgehead atoms. The minimum atomic E-state index is 0.213. The molecule has 1 aromatic carbocycles. The van der Waals surface area contributed by atoms with Gasteiger partial charge in [-0.1, -0.05) is 0 Å². The Morgan fingerprint density at radius 1 is 1.18 bits per heavy atom. The molecular weight excluding hydrogens is 298 g/mol. The van der Waals surface area contributed by atoms with Gasteiger partial charge < -0.3 is 9.47 Å². The lowest BCUT2D eigenvalue weighted by atomic mass is 10.2. The highest BCUT2D eigenvalue weighted by molar-refractivity contribution is 7.11. The molecule has 1 heterocycles. The second-order valence-corrected chi connectivity index (χ2v) is 6.26. The molecule has 0 aliphatic heterocycles. The van der Waals surface area contributed by atoms with Gasteiger partial charge in [-0.05, 0) is 44.5 Å². The summed E-state index contributed by atoms with van der Waals surface area (Å²) in [5, 5.41) is 0.898. The fourth-order valence-corrected chi connectivity index (χ4v) is 2.81. The normalized spacial score (nSPS) is 10.5. The molecule has 0 amide bonds. The highest BCUT2D eigenvalue weighted by Crippen LogP contribution is 2.18. The number of aryl methyl sites for hydroxylation is 1. The number of nitrogens with zero attached hydrogens (tertiary/aromatic N) is 1. The Morgan fingerprint density at radius 3 is 2.45 bits per heavy atom. The van der Waals surface area contributed by atoms with Crippen LogP contribution in [0.1, 0.15) is 29.7 Å². The van der Waals surface area contributed by atoms with Gasteiger partial charge in [0.1, 0.15) is 22.3 Å². The number of Topliss-reactive ketones (excluding diaryl/α,β-unsaturated/α-hetero) is 1. The zero-order valence-corrected chi connectivity index (χ0v) is 13.8. The van der Waals surface area contributed by atoms with Crippen LogP contribution in [-0.4, -0.2) is 24.0 Å². The van der Waals surface area contributed by atoms with Gasteiger partial charge in [0.05, 0.1) is 19.6 Å². The molecule has 0 radical (unpaired) electrons. The average Bonchev–Trinajstić information content (AvgIpc) is 2.91. The summed E-state index contributed by atoms with van der Waals surface area (Å²) in [5.74, 6) is 1.85. The van der Waals surface area contributed by atoms with Crippen LogP contribution in [0, 0.1) is 6.92 Å². The molecule has 0 saturated carbocycles. The molecule has 5 heteroatoms. The van der Waals surface area contributed by atoms with Crippen molar-refractivity contribution in [2.45, 2.75) is 33.1 Å². The SMILES string of the molecule is CCOc1ccc(OCCCC(=O)Cc2ncc(C)s2)cc1. The van der Waals surface area contributed by atoms with E-state index in [1.807, 2.05) is 44.3 Å². The van der Waals surface area contributed by atoms with Gasteiger partial charge in [0.25, 0.3) is 0 Å². The number of aromatic nitrogens is 1. The third kappa shape index (κ3) is 5.48. The topological polar surface area (TPSA) is 48.4 Å². The third-order valence-corrected chi connectivity index (χ3v) is 3.93. The van der Waals surface area contributed by atoms with E-state index in [2.05, 4.69) is 4.98 Å². The van der Waals surface area contributed by atoms with E-state index in [1.165, 1.54) is 0 Å². The van der Waals surface area contributed by atoms with Crippen molar-refractivity contribution >= 4 is 17.1 Å². The molecule has 0 fully saturated rings. The standard InChI is InChI=1S/C17H21NO3S/c1-3-20-15-6-8-16(9-7-15)21-10-4-5-14(19)11-17-18-12-13(2)22-17/h6-9,12H,3-5,10-11H2,1-2H3. The van der Waals surface area contributed by atoms with E-state index in [1.54, 1.807) is 11.3 Å². The number of thiazole rings is 1. The molecule has 1 aromatic heterocycles. The van der Waals surface area contributed by atoms with Crippen LogP contribution in [0.5, 0.6) is 11.5 Å². The van der Waals surface area contributed by atoms with E-state index < -0.39 is 0 Å². The Labute approximate surface area is 135 Å². The maximum atomic E-state index is 11.8. The Balaban J connectivity index is 1.65. The van der Waals surface area contributed by atoms with Gasteiger partial charge in [-0.25, -0.2) is 4.98 Å². The van der Waals surface area contributed by atoms with E-state index in [0.29, 0.717) is 26.1 Å². The van der Waals surface area contributed by atoms with Crippen molar-refractivity contribution in [1.29, 1.82) is 0 Å². The average molecular weight is 319 g/mol. The number of carbonyl (C=O) groups excluding carboxylic acids is 1. The Hall–Kier alpha value is -1.88. The highest BCUT2D eigenvalue weighted by atomic mass is 32.1. The lowest BCUT2D eigenvalue weighted by molar-refractivity contribution is -0.118. The fourth-order valence-electron chi connectivity index (χ4n) is 2.00. The van der Waals surface area contributed by atoms with E-state index in [-0.39, 0.29) is 5.78 Å². The number of rotatable bonds is 9. The molecule has 118 valence electrons. The molecule has 2 rings (SSSR count). The monoisotopic (exact) mass is 319 g/mol. The van der Waals surface area contributed by atoms with Crippen molar-refractivity contribution in [2.75, 3.05) is 13.2 Å². The minimum Gasteiger partial charge on any atom is -0.494 e. The summed E-state index contributed by atoms with van der Waals surface area (Å²) in [4.78, 5) is 17.2. The molecule has 2 aromatic rings. The van der Waals surface area contributed by atoms with Gasteiger partial charge in [0.15, 0.2) is 0 Å². The molecule has 0 aliphatic rings. The molecule has 0 aliphatic carbocycles. The number of benzene rings is 1. The number of hydrogen-bond donors (Lipinski definition) is 0. The van der Waals surface area contributed by atoms with Crippen LogP contribution >= 0.6 is 11.3 Å². The summed E-state index contributed by atoms with van der Waals surface area (Å²) in [6, 6.07) is 7.53. The van der Waals surface area contributed by atoms with Gasteiger partial charge in [-0.2, -0.15) is 0 Å². The first-order valence-corrected chi connectivity index (χ1v) is 8.27. The zero-order valence-electron chi connectivity index (χ0n) is 13.0. The summed E-state index contributed by atoms with van der Waals surface area (Å²) in [5.41, 5.74) is 0. The van der Waals surface area contributed by atoms with Crippen molar-refractivity contribution in [3.8, 4) is 11.5 Å². The van der Waals surface area contributed by atoms with Crippen molar-refractivity contribution in [3.63, 3.8) is 0 Å². The van der Waals surface area contributed by atoms with E-state index in [4.69, 9.17) is 9.47 Å². The Kier molecular flexibility index (Phi) is 6.40. The quantitative estimate of drug-likeness (QED) is 0.659. The maximum absolute atomic E-state index is 11.8. The van der Waals surface area contributed by atoms with Crippen LogP contribution in [0.2, 0.25) is 0 Å². The van der Waals surface area contributed by atoms with Crippen molar-refractivity contribution < 1.29 is 14.3 Å². The van der Waals surface area contributed by atoms with Crippen LogP contribution in [-0.2, 0) is 11.2 Å². The van der Waals surface area contributed by atoms with E-state index in [0.717, 1.165) is 27.8 Å². The molecule has 0 N–H and O–H groups in total. The van der Waals surface area contributed by atoms with Crippen LogP contribution in [0.3, 0.4) is 0 Å². The molecule has 0 unspecified atom stereocenters. The second kappa shape index (κ2) is 8.54. The highest BCUT2D eigenvalue weighted by Gasteiger charge is 2.07. The summed E-state index contributed by atoms with van der Waals surface area (Å²) in [6.45, 7) is 5.14. The predicted molar refractivity (Wildman–Crippen MR) is 87.9 cm³/mol. The first-order chi connectivity index (χ1) is 10.7. The Morgan fingerprint density at radius 2 is 1.86 bits per heavy atom. The smallest absolute Gasteiger partial charge is 0.139 e. The number of ketones is 1. The van der Waals surface area contributed by atoms with Gasteiger partial charge in [-0.15, -0.1) is 11.3 Å². The van der Waals surface area contributed by atoms with Crippen molar-refractivity contribution in [1.82, 2.24) is 4.98 Å². The number of ether oxygens (including phenoxy) is 2. The van der Waals surface area contributed by atoms with Gasteiger partial charge in [0, 0.05) is 17.5 Å². The molecule has 22 heavy (non-hydrogen) atoms. The summed E-state index contributed by atoms with van der Waals surface area (Å²) < 4.78 is 11.0. The first kappa shape index (κ1) is 16.5. The maximum Gasteiger partial charge on any atom is 0.139 e. The summed E-state index contributed by atoms with van der Waals surface area (Å²) >= 11 is 1.58. The summed E-state index contributed by atoms with van der Waals surface area (Å²) in [7, 11) is 0. The fraction of sp³-hybridized carbons (Fsp3) is 0.412. The molecule has 0 spiro atoms. The van der Waals surface area contributed by atoms with Crippen LogP contribution in [0.25, 0.3) is 0 Å². The third-order valence-electron chi connectivity index (χ3n) is 3.02. The first-order valence-electron chi connectivity index (χ1n) is 7.46. The van der Waals surface area contributed by atoms with Crippen molar-refractivity contribution in [2.24, 2.45) is 0 Å². The molecule has 0 atom stereocenters. The molecule has 4 nitrogen and oxygen atoms in total. The van der Waals surface area contributed by atoms with Gasteiger partial charge in [-0.3, -0.25) is 4.79 Å². The predicted octanol–water partition coefficient (Wildman–Crippen LogP) is 3.82. The largest absolute Gasteiger partial charge is 0.494 e. The van der Waals surface area contributed by atoms with Crippen LogP contribution < -0.4 is 9.47 Å². The van der Waals surface area contributed by atoms with E-state index >= 15 is 0 Å². The van der Waals surface area contributed by atoms with Gasteiger partial charge in [0.2, 0.25) is 0 Å². The number of hydrogen-bond acceptors (Lipinski definition) is 5. The van der Waals surface area contributed by atoms with Gasteiger partial charge >= 0.3 is 0 Å². The molecule has 0 saturated heterocycles. The van der Waals surface area contributed by atoms with Crippen LogP contribution in [0.15, 0.2) is 30.5 Å². The second-order valence-electron chi connectivity index (χ2n) is 4.94. The van der Waals surface area contributed by atoms with Crippen LogP contribution in [0.4, 0.5) is 0 Å². The minimum absolute atomic E-state index is 0.213. The summed E-state index contributed by atoms with van der Waals surface area (Å²) in [6.07, 6.45) is 3.48. The zero-order chi connectivity index (χ0) is 15.8. The number of carbonyl (C=O) groups is 1. The lowest BCUT2D eigenvalue weighted by Gasteiger charge is -2.07. The Bertz CT molecular complexity index is 592. The molecular formula is C17H21NO3S.